The third-order valence-corrected chi connectivity index (χ3v) is 3.22. The highest BCUT2D eigenvalue weighted by Crippen LogP contribution is 2.23. The van der Waals surface area contributed by atoms with Crippen LogP contribution < -0.4 is 5.32 Å². The quantitative estimate of drug-likeness (QED) is 0.893. The second-order valence-corrected chi connectivity index (χ2v) is 4.56. The van der Waals surface area contributed by atoms with Crippen molar-refractivity contribution in [3.05, 3.63) is 28.8 Å². The van der Waals surface area contributed by atoms with Crippen LogP contribution in [0, 0.1) is 11.3 Å². The molecule has 1 heterocycles. The molecule has 0 aliphatic carbocycles. The molecule has 4 heteroatoms. The maximum atomic E-state index is 8.73. The summed E-state index contributed by atoms with van der Waals surface area (Å²) < 4.78 is 5.54. The minimum absolute atomic E-state index is 0.389. The third kappa shape index (κ3) is 3.36. The van der Waals surface area contributed by atoms with E-state index in [2.05, 4.69) is 11.4 Å². The summed E-state index contributed by atoms with van der Waals surface area (Å²) >= 11 is 6.06. The van der Waals surface area contributed by atoms with Gasteiger partial charge < -0.3 is 10.1 Å². The Bertz CT molecular complexity index is 422. The lowest BCUT2D eigenvalue weighted by Gasteiger charge is -2.12. The molecule has 1 aromatic carbocycles. The highest BCUT2D eigenvalue weighted by molar-refractivity contribution is 6.33. The molecule has 1 fully saturated rings. The van der Waals surface area contributed by atoms with Crippen LogP contribution in [0.4, 0.5) is 5.69 Å². The average molecular weight is 251 g/mol. The molecule has 0 saturated carbocycles. The molecule has 1 N–H and O–H groups in total. The summed E-state index contributed by atoms with van der Waals surface area (Å²) in [5.41, 5.74) is 1.46. The number of nitriles is 1. The Balaban J connectivity index is 1.84. The van der Waals surface area contributed by atoms with Crippen LogP contribution in [0.25, 0.3) is 0 Å². The van der Waals surface area contributed by atoms with Gasteiger partial charge >= 0.3 is 0 Å². The van der Waals surface area contributed by atoms with Crippen LogP contribution in [0.5, 0.6) is 0 Å². The van der Waals surface area contributed by atoms with Gasteiger partial charge in [0.05, 0.1) is 28.4 Å². The summed E-state index contributed by atoms with van der Waals surface area (Å²) in [7, 11) is 0. The fourth-order valence-electron chi connectivity index (χ4n) is 1.97. The maximum absolute atomic E-state index is 8.73. The SMILES string of the molecule is N#Cc1ccc(NCCC2CCCO2)c(Cl)c1. The number of anilines is 1. The van der Waals surface area contributed by atoms with Crippen molar-refractivity contribution < 1.29 is 4.74 Å². The van der Waals surface area contributed by atoms with E-state index in [0.717, 1.165) is 31.7 Å². The Labute approximate surface area is 106 Å². The van der Waals surface area contributed by atoms with Crippen LogP contribution in [0.2, 0.25) is 5.02 Å². The van der Waals surface area contributed by atoms with Gasteiger partial charge in [0.2, 0.25) is 0 Å². The van der Waals surface area contributed by atoms with E-state index in [1.165, 1.54) is 6.42 Å². The van der Waals surface area contributed by atoms with Crippen LogP contribution in [0.15, 0.2) is 18.2 Å². The van der Waals surface area contributed by atoms with Crippen molar-refractivity contribution in [3.8, 4) is 6.07 Å². The lowest BCUT2D eigenvalue weighted by molar-refractivity contribution is 0.107. The number of ether oxygens (including phenoxy) is 1. The molecule has 17 heavy (non-hydrogen) atoms. The van der Waals surface area contributed by atoms with Crippen molar-refractivity contribution in [1.29, 1.82) is 5.26 Å². The van der Waals surface area contributed by atoms with Gasteiger partial charge in [-0.3, -0.25) is 0 Å². The first-order chi connectivity index (χ1) is 8.29. The molecule has 1 aliphatic heterocycles. The highest BCUT2D eigenvalue weighted by atomic mass is 35.5. The van der Waals surface area contributed by atoms with Crippen molar-refractivity contribution in [1.82, 2.24) is 0 Å². The van der Waals surface area contributed by atoms with E-state index in [1.807, 2.05) is 6.07 Å². The number of nitrogens with zero attached hydrogens (tertiary/aromatic N) is 1. The fourth-order valence-corrected chi connectivity index (χ4v) is 2.22. The van der Waals surface area contributed by atoms with Gasteiger partial charge in [0, 0.05) is 13.2 Å². The Morgan fingerprint density at radius 2 is 2.41 bits per heavy atom. The molecule has 2 rings (SSSR count). The number of halogens is 1. The van der Waals surface area contributed by atoms with Gasteiger partial charge in [-0.05, 0) is 37.5 Å². The fraction of sp³-hybridized carbons (Fsp3) is 0.462. The molecule has 1 unspecified atom stereocenters. The molecule has 1 aromatic rings. The summed E-state index contributed by atoms with van der Waals surface area (Å²) in [6, 6.07) is 7.35. The second-order valence-electron chi connectivity index (χ2n) is 4.16. The zero-order chi connectivity index (χ0) is 12.1. The molecule has 0 spiro atoms. The van der Waals surface area contributed by atoms with Crippen molar-refractivity contribution in [2.24, 2.45) is 0 Å². The van der Waals surface area contributed by atoms with Crippen LogP contribution in [0.1, 0.15) is 24.8 Å². The summed E-state index contributed by atoms with van der Waals surface area (Å²) in [5.74, 6) is 0. The lowest BCUT2D eigenvalue weighted by Crippen LogP contribution is -2.12. The minimum Gasteiger partial charge on any atom is -0.384 e. The topological polar surface area (TPSA) is 45.0 Å². The molecule has 90 valence electrons. The predicted molar refractivity (Wildman–Crippen MR) is 68.2 cm³/mol. The summed E-state index contributed by atoms with van der Waals surface area (Å²) in [5, 5.41) is 12.6. The van der Waals surface area contributed by atoms with Crippen molar-refractivity contribution in [2.75, 3.05) is 18.5 Å². The molecule has 0 radical (unpaired) electrons. The average Bonchev–Trinajstić information content (AvgIpc) is 2.84. The van der Waals surface area contributed by atoms with E-state index >= 15 is 0 Å². The molecule has 1 aliphatic rings. The lowest BCUT2D eigenvalue weighted by atomic mass is 10.2. The first kappa shape index (κ1) is 12.2. The molecular weight excluding hydrogens is 236 g/mol. The van der Waals surface area contributed by atoms with Gasteiger partial charge in [0.25, 0.3) is 0 Å². The summed E-state index contributed by atoms with van der Waals surface area (Å²) in [6.45, 7) is 1.73. The van der Waals surface area contributed by atoms with Gasteiger partial charge in [-0.25, -0.2) is 0 Å². The molecule has 0 bridgehead atoms. The number of benzene rings is 1. The molecule has 3 nitrogen and oxygen atoms in total. The first-order valence-electron chi connectivity index (χ1n) is 5.85. The minimum atomic E-state index is 0.389. The molecule has 1 saturated heterocycles. The predicted octanol–water partition coefficient (Wildman–Crippen LogP) is 3.19. The second kappa shape index (κ2) is 5.90. The van der Waals surface area contributed by atoms with E-state index in [0.29, 0.717) is 16.7 Å². The monoisotopic (exact) mass is 250 g/mol. The van der Waals surface area contributed by atoms with Gasteiger partial charge in [-0.1, -0.05) is 11.6 Å². The summed E-state index contributed by atoms with van der Waals surface area (Å²) in [6.07, 6.45) is 3.71. The normalized spacial score (nSPS) is 18.9. The van der Waals surface area contributed by atoms with Crippen molar-refractivity contribution in [2.45, 2.75) is 25.4 Å². The van der Waals surface area contributed by atoms with Gasteiger partial charge in [-0.15, -0.1) is 0 Å². The van der Waals surface area contributed by atoms with Gasteiger partial charge in [-0.2, -0.15) is 5.26 Å². The van der Waals surface area contributed by atoms with E-state index < -0.39 is 0 Å². The van der Waals surface area contributed by atoms with Crippen LogP contribution in [-0.2, 0) is 4.74 Å². The van der Waals surface area contributed by atoms with Crippen molar-refractivity contribution in [3.63, 3.8) is 0 Å². The largest absolute Gasteiger partial charge is 0.384 e. The van der Waals surface area contributed by atoms with E-state index in [4.69, 9.17) is 21.6 Å². The molecule has 1 atom stereocenters. The first-order valence-corrected chi connectivity index (χ1v) is 6.22. The number of rotatable bonds is 4. The Morgan fingerprint density at radius 1 is 1.53 bits per heavy atom. The van der Waals surface area contributed by atoms with Crippen LogP contribution in [-0.4, -0.2) is 19.3 Å². The highest BCUT2D eigenvalue weighted by Gasteiger charge is 2.14. The zero-order valence-corrected chi connectivity index (χ0v) is 10.3. The summed E-state index contributed by atoms with van der Waals surface area (Å²) in [4.78, 5) is 0. The third-order valence-electron chi connectivity index (χ3n) is 2.90. The van der Waals surface area contributed by atoms with Gasteiger partial charge in [0.1, 0.15) is 0 Å². The molecule has 0 aromatic heterocycles. The number of hydrogen-bond acceptors (Lipinski definition) is 3. The Morgan fingerprint density at radius 3 is 3.06 bits per heavy atom. The maximum Gasteiger partial charge on any atom is 0.0992 e. The zero-order valence-electron chi connectivity index (χ0n) is 9.58. The smallest absolute Gasteiger partial charge is 0.0992 e. The Hall–Kier alpha value is -1.24. The molecule has 0 amide bonds. The van der Waals surface area contributed by atoms with Crippen molar-refractivity contribution >= 4 is 17.3 Å². The Kier molecular flexibility index (Phi) is 4.24. The number of hydrogen-bond donors (Lipinski definition) is 1. The van der Waals surface area contributed by atoms with E-state index in [9.17, 15) is 0 Å². The van der Waals surface area contributed by atoms with E-state index in [1.54, 1.807) is 12.1 Å². The standard InChI is InChI=1S/C13H15ClN2O/c14-12-8-10(9-15)3-4-13(12)16-6-5-11-2-1-7-17-11/h3-4,8,11,16H,1-2,5-7H2. The van der Waals surface area contributed by atoms with Gasteiger partial charge in [0.15, 0.2) is 0 Å². The number of nitrogens with one attached hydrogen (secondary N) is 1. The van der Waals surface area contributed by atoms with E-state index in [-0.39, 0.29) is 0 Å². The molecular formula is C13H15ClN2O. The van der Waals surface area contributed by atoms with Crippen LogP contribution in [0.3, 0.4) is 0 Å². The van der Waals surface area contributed by atoms with Crippen LogP contribution >= 0.6 is 11.6 Å².